The Balaban J connectivity index is 1.25. The summed E-state index contributed by atoms with van der Waals surface area (Å²) < 4.78 is 11.5. The molecule has 3 aromatic rings. The molecule has 35 heavy (non-hydrogen) atoms. The van der Waals surface area contributed by atoms with Crippen molar-refractivity contribution in [3.05, 3.63) is 89.1 Å². The quantitative estimate of drug-likeness (QED) is 0.564. The van der Waals surface area contributed by atoms with E-state index < -0.39 is 6.10 Å². The van der Waals surface area contributed by atoms with Crippen LogP contribution in [0, 0.1) is 0 Å². The first kappa shape index (κ1) is 23.2. The number of rotatable bonds is 7. The summed E-state index contributed by atoms with van der Waals surface area (Å²) in [5.74, 6) is 0.466. The van der Waals surface area contributed by atoms with Crippen LogP contribution >= 0.6 is 0 Å². The monoisotopic (exact) mass is 470 g/mol. The van der Waals surface area contributed by atoms with E-state index in [1.54, 1.807) is 6.20 Å². The molecule has 2 aliphatic heterocycles. The number of nitrogens with one attached hydrogen (secondary N) is 1. The highest BCUT2D eigenvalue weighted by atomic mass is 16.5. The van der Waals surface area contributed by atoms with Crippen LogP contribution in [0.2, 0.25) is 0 Å². The minimum absolute atomic E-state index is 0.0719. The molecule has 7 nitrogen and oxygen atoms in total. The number of pyridine rings is 1. The fourth-order valence-electron chi connectivity index (χ4n) is 4.41. The van der Waals surface area contributed by atoms with E-state index in [0.717, 1.165) is 41.2 Å². The molecule has 180 valence electrons. The van der Waals surface area contributed by atoms with E-state index in [9.17, 15) is 4.79 Å². The van der Waals surface area contributed by atoms with Gasteiger partial charge in [0.25, 0.3) is 5.91 Å². The van der Waals surface area contributed by atoms with Crippen LogP contribution in [0.1, 0.15) is 36.1 Å². The molecule has 7 heteroatoms. The fourth-order valence-corrected chi connectivity index (χ4v) is 4.41. The van der Waals surface area contributed by atoms with Crippen LogP contribution in [0.5, 0.6) is 5.88 Å². The maximum absolute atomic E-state index is 13.0. The summed E-state index contributed by atoms with van der Waals surface area (Å²) in [4.78, 5) is 24.4. The van der Waals surface area contributed by atoms with Crippen LogP contribution in [0.25, 0.3) is 0 Å². The Morgan fingerprint density at radius 3 is 2.80 bits per heavy atom. The van der Waals surface area contributed by atoms with Crippen molar-refractivity contribution in [2.75, 3.05) is 25.0 Å². The summed E-state index contributed by atoms with van der Waals surface area (Å²) in [6, 6.07) is 20.1. The van der Waals surface area contributed by atoms with Gasteiger partial charge in [0.05, 0.1) is 25.0 Å². The summed E-state index contributed by atoms with van der Waals surface area (Å²) in [6.07, 6.45) is 1.35. The molecule has 0 saturated carbocycles. The highest BCUT2D eigenvalue weighted by Gasteiger charge is 2.27. The Kier molecular flexibility index (Phi) is 6.88. The van der Waals surface area contributed by atoms with Gasteiger partial charge in [0.1, 0.15) is 6.10 Å². The van der Waals surface area contributed by atoms with Crippen molar-refractivity contribution in [2.24, 2.45) is 4.99 Å². The van der Waals surface area contributed by atoms with Gasteiger partial charge < -0.3 is 14.8 Å². The smallest absolute Gasteiger partial charge is 0.254 e. The van der Waals surface area contributed by atoms with E-state index in [1.807, 2.05) is 62.4 Å². The van der Waals surface area contributed by atoms with Crippen LogP contribution < -0.4 is 10.1 Å². The van der Waals surface area contributed by atoms with E-state index in [4.69, 9.17) is 14.5 Å². The molecular formula is C28H30N4O3. The van der Waals surface area contributed by atoms with Crippen molar-refractivity contribution >= 4 is 17.3 Å². The number of anilines is 1. The number of carbonyl (C=O) groups excluding carboxylic acids is 1. The molecular weight excluding hydrogens is 440 g/mol. The molecule has 1 atom stereocenters. The zero-order chi connectivity index (χ0) is 24.2. The van der Waals surface area contributed by atoms with E-state index >= 15 is 0 Å². The molecule has 0 spiro atoms. The lowest BCUT2D eigenvalue weighted by molar-refractivity contribution is -0.133. The van der Waals surface area contributed by atoms with Gasteiger partial charge >= 0.3 is 0 Å². The molecule has 0 aliphatic carbocycles. The first-order valence-electron chi connectivity index (χ1n) is 12.0. The van der Waals surface area contributed by atoms with E-state index in [2.05, 4.69) is 27.3 Å². The summed E-state index contributed by atoms with van der Waals surface area (Å²) in [6.45, 7) is 7.28. The molecule has 1 N–H and O–H groups in total. The van der Waals surface area contributed by atoms with E-state index in [-0.39, 0.29) is 12.0 Å². The third-order valence-electron chi connectivity index (χ3n) is 6.10. The second-order valence-corrected chi connectivity index (χ2v) is 9.16. The van der Waals surface area contributed by atoms with Gasteiger partial charge in [-0.2, -0.15) is 0 Å². The minimum atomic E-state index is -0.508. The van der Waals surface area contributed by atoms with Gasteiger partial charge in [-0.1, -0.05) is 36.4 Å². The second kappa shape index (κ2) is 10.4. The molecule has 2 aromatic carbocycles. The normalized spacial score (nSPS) is 17.7. The predicted octanol–water partition coefficient (Wildman–Crippen LogP) is 4.06. The highest BCUT2D eigenvalue weighted by molar-refractivity contribution is 6.15. The molecule has 1 aromatic heterocycles. The van der Waals surface area contributed by atoms with Gasteiger partial charge in [-0.05, 0) is 43.2 Å². The number of aliphatic imine (C=N–C) groups is 1. The zero-order valence-electron chi connectivity index (χ0n) is 20.1. The van der Waals surface area contributed by atoms with Crippen molar-refractivity contribution < 1.29 is 14.3 Å². The molecule has 1 unspecified atom stereocenters. The SMILES string of the molecule is CC(C)Oc1ccc(C2=NCc3ccc(NC(=O)C4CN(Cc5ccccc5)CCO4)cc32)cn1. The van der Waals surface area contributed by atoms with Crippen molar-refractivity contribution in [3.8, 4) is 5.88 Å². The Bertz CT molecular complexity index is 1210. The van der Waals surface area contributed by atoms with Gasteiger partial charge in [-0.25, -0.2) is 4.98 Å². The number of carbonyl (C=O) groups is 1. The van der Waals surface area contributed by atoms with Crippen LogP contribution in [0.3, 0.4) is 0 Å². The number of nitrogens with zero attached hydrogens (tertiary/aromatic N) is 3. The van der Waals surface area contributed by atoms with Gasteiger partial charge in [-0.15, -0.1) is 0 Å². The number of amides is 1. The molecule has 1 saturated heterocycles. The van der Waals surface area contributed by atoms with E-state index in [1.165, 1.54) is 5.56 Å². The average Bonchev–Trinajstić information content (AvgIpc) is 3.28. The Morgan fingerprint density at radius 2 is 2.03 bits per heavy atom. The van der Waals surface area contributed by atoms with Crippen molar-refractivity contribution in [1.29, 1.82) is 0 Å². The lowest BCUT2D eigenvalue weighted by Gasteiger charge is -2.32. The lowest BCUT2D eigenvalue weighted by Crippen LogP contribution is -2.47. The predicted molar refractivity (Wildman–Crippen MR) is 136 cm³/mol. The third kappa shape index (κ3) is 5.58. The maximum Gasteiger partial charge on any atom is 0.254 e. The summed E-state index contributed by atoms with van der Waals surface area (Å²) in [5, 5.41) is 3.05. The molecule has 1 fully saturated rings. The Hall–Kier alpha value is -3.55. The van der Waals surface area contributed by atoms with Crippen molar-refractivity contribution in [2.45, 2.75) is 39.1 Å². The van der Waals surface area contributed by atoms with Crippen LogP contribution in [-0.2, 0) is 22.6 Å². The molecule has 3 heterocycles. The van der Waals surface area contributed by atoms with Gasteiger partial charge in [0.15, 0.2) is 0 Å². The minimum Gasteiger partial charge on any atom is -0.475 e. The maximum atomic E-state index is 13.0. The third-order valence-corrected chi connectivity index (χ3v) is 6.10. The van der Waals surface area contributed by atoms with Crippen LogP contribution in [0.15, 0.2) is 71.9 Å². The molecule has 2 aliphatic rings. The number of hydrogen-bond acceptors (Lipinski definition) is 6. The second-order valence-electron chi connectivity index (χ2n) is 9.16. The number of ether oxygens (including phenoxy) is 2. The Labute approximate surface area is 205 Å². The number of aromatic nitrogens is 1. The van der Waals surface area contributed by atoms with Crippen molar-refractivity contribution in [3.63, 3.8) is 0 Å². The summed E-state index contributed by atoms with van der Waals surface area (Å²) >= 11 is 0. The molecule has 0 radical (unpaired) electrons. The van der Waals surface area contributed by atoms with Gasteiger partial charge in [-0.3, -0.25) is 14.7 Å². The Morgan fingerprint density at radius 1 is 1.17 bits per heavy atom. The van der Waals surface area contributed by atoms with Gasteiger partial charge in [0.2, 0.25) is 5.88 Å². The largest absolute Gasteiger partial charge is 0.475 e. The van der Waals surface area contributed by atoms with Crippen molar-refractivity contribution in [1.82, 2.24) is 9.88 Å². The first-order valence-corrected chi connectivity index (χ1v) is 12.0. The molecule has 0 bridgehead atoms. The number of hydrogen-bond donors (Lipinski definition) is 1. The number of morpholine rings is 1. The fraction of sp³-hybridized carbons (Fsp3) is 0.321. The first-order chi connectivity index (χ1) is 17.0. The zero-order valence-corrected chi connectivity index (χ0v) is 20.1. The lowest BCUT2D eigenvalue weighted by atomic mass is 10.0. The van der Waals surface area contributed by atoms with Gasteiger partial charge in [0, 0.05) is 48.7 Å². The summed E-state index contributed by atoms with van der Waals surface area (Å²) in [5.41, 5.74) is 5.91. The van der Waals surface area contributed by atoms with Crippen LogP contribution in [-0.4, -0.2) is 53.4 Å². The summed E-state index contributed by atoms with van der Waals surface area (Å²) in [7, 11) is 0. The highest BCUT2D eigenvalue weighted by Crippen LogP contribution is 2.27. The molecule has 1 amide bonds. The van der Waals surface area contributed by atoms with E-state index in [0.29, 0.717) is 25.6 Å². The topological polar surface area (TPSA) is 76.0 Å². The average molecular weight is 471 g/mol. The molecule has 5 rings (SSSR count). The van der Waals surface area contributed by atoms with Crippen LogP contribution in [0.4, 0.5) is 5.69 Å². The number of benzene rings is 2. The number of fused-ring (bicyclic) bond motifs is 1. The standard InChI is InChI=1S/C28H30N4O3/c1-19(2)35-26-11-9-22(16-29-26)27-24-14-23(10-8-21(24)15-30-27)31-28(33)25-18-32(12-13-34-25)17-20-6-4-3-5-7-20/h3-11,14,16,19,25H,12-13,15,17-18H2,1-2H3,(H,31,33).